The predicted octanol–water partition coefficient (Wildman–Crippen LogP) is 2.13. The summed E-state index contributed by atoms with van der Waals surface area (Å²) in [6, 6.07) is 10.1. The van der Waals surface area contributed by atoms with E-state index in [2.05, 4.69) is 24.4 Å². The van der Waals surface area contributed by atoms with Crippen molar-refractivity contribution in [3.8, 4) is 0 Å². The number of nitrogens with one attached hydrogen (secondary N) is 1. The van der Waals surface area contributed by atoms with E-state index in [1.807, 2.05) is 30.0 Å². The van der Waals surface area contributed by atoms with Crippen LogP contribution in [0.3, 0.4) is 0 Å². The first-order chi connectivity index (χ1) is 10.1. The fourth-order valence-electron chi connectivity index (χ4n) is 2.75. The first-order valence-corrected chi connectivity index (χ1v) is 7.75. The van der Waals surface area contributed by atoms with E-state index >= 15 is 0 Å². The number of amides is 2. The molecule has 2 amide bonds. The standard InChI is InChI=1S/C17H24N2O2/c1-3-15-17(21)19(12-11-16(20)18-15)13(2)9-10-14-7-5-4-6-8-14/h4-8,13,15H,3,9-12H2,1-2H3,(H,18,20). The number of benzene rings is 1. The second-order valence-electron chi connectivity index (χ2n) is 5.68. The van der Waals surface area contributed by atoms with Crippen molar-refractivity contribution in [1.82, 2.24) is 10.2 Å². The van der Waals surface area contributed by atoms with E-state index in [9.17, 15) is 9.59 Å². The van der Waals surface area contributed by atoms with Gasteiger partial charge in [0.1, 0.15) is 6.04 Å². The maximum atomic E-state index is 12.5. The first-order valence-electron chi connectivity index (χ1n) is 7.75. The maximum Gasteiger partial charge on any atom is 0.245 e. The molecule has 1 N–H and O–H groups in total. The maximum absolute atomic E-state index is 12.5. The molecule has 2 rings (SSSR count). The van der Waals surface area contributed by atoms with E-state index in [0.29, 0.717) is 19.4 Å². The van der Waals surface area contributed by atoms with Crippen molar-refractivity contribution in [3.05, 3.63) is 35.9 Å². The second-order valence-corrected chi connectivity index (χ2v) is 5.68. The van der Waals surface area contributed by atoms with Gasteiger partial charge in [0.25, 0.3) is 0 Å². The number of aryl methyl sites for hydroxylation is 1. The van der Waals surface area contributed by atoms with Crippen LogP contribution in [0.15, 0.2) is 30.3 Å². The van der Waals surface area contributed by atoms with E-state index in [4.69, 9.17) is 0 Å². The van der Waals surface area contributed by atoms with Gasteiger partial charge < -0.3 is 10.2 Å². The molecule has 4 heteroatoms. The summed E-state index contributed by atoms with van der Waals surface area (Å²) in [6.45, 7) is 4.53. The SMILES string of the molecule is CCC1NC(=O)CCN(C(C)CCc2ccccc2)C1=O. The molecule has 2 unspecified atom stereocenters. The van der Waals surface area contributed by atoms with Crippen molar-refractivity contribution in [3.63, 3.8) is 0 Å². The van der Waals surface area contributed by atoms with Crippen LogP contribution in [0.1, 0.15) is 38.7 Å². The summed E-state index contributed by atoms with van der Waals surface area (Å²) in [5.41, 5.74) is 1.29. The van der Waals surface area contributed by atoms with Crippen LogP contribution < -0.4 is 5.32 Å². The lowest BCUT2D eigenvalue weighted by molar-refractivity contribution is -0.135. The third-order valence-electron chi connectivity index (χ3n) is 4.13. The minimum atomic E-state index is -0.362. The molecule has 1 aliphatic rings. The molecule has 1 fully saturated rings. The van der Waals surface area contributed by atoms with Gasteiger partial charge in [0.05, 0.1) is 0 Å². The highest BCUT2D eigenvalue weighted by atomic mass is 16.2. The van der Waals surface area contributed by atoms with Crippen LogP contribution >= 0.6 is 0 Å². The fourth-order valence-corrected chi connectivity index (χ4v) is 2.75. The number of carbonyl (C=O) groups is 2. The first kappa shape index (κ1) is 15.5. The van der Waals surface area contributed by atoms with Gasteiger partial charge in [-0.05, 0) is 31.7 Å². The normalized spacial score (nSPS) is 20.9. The van der Waals surface area contributed by atoms with E-state index in [1.54, 1.807) is 0 Å². The average molecular weight is 288 g/mol. The molecule has 1 aromatic carbocycles. The van der Waals surface area contributed by atoms with Gasteiger partial charge in [-0.3, -0.25) is 9.59 Å². The Labute approximate surface area is 126 Å². The largest absolute Gasteiger partial charge is 0.344 e. The summed E-state index contributed by atoms with van der Waals surface area (Å²) in [4.78, 5) is 26.0. The third-order valence-corrected chi connectivity index (χ3v) is 4.13. The van der Waals surface area contributed by atoms with Gasteiger partial charge in [0.2, 0.25) is 11.8 Å². The van der Waals surface area contributed by atoms with Crippen molar-refractivity contribution in [1.29, 1.82) is 0 Å². The van der Waals surface area contributed by atoms with Crippen molar-refractivity contribution in [2.45, 2.75) is 51.6 Å². The Hall–Kier alpha value is -1.84. The molecule has 2 atom stereocenters. The Kier molecular flexibility index (Phi) is 5.37. The van der Waals surface area contributed by atoms with Crippen molar-refractivity contribution in [2.24, 2.45) is 0 Å². The zero-order valence-electron chi connectivity index (χ0n) is 12.8. The highest BCUT2D eigenvalue weighted by Gasteiger charge is 2.30. The van der Waals surface area contributed by atoms with Crippen LogP contribution in [-0.4, -0.2) is 35.3 Å². The fraction of sp³-hybridized carbons (Fsp3) is 0.529. The molecular formula is C17H24N2O2. The highest BCUT2D eigenvalue weighted by molar-refractivity contribution is 5.90. The number of nitrogens with zero attached hydrogens (tertiary/aromatic N) is 1. The molecular weight excluding hydrogens is 264 g/mol. The van der Waals surface area contributed by atoms with Gasteiger partial charge in [-0.1, -0.05) is 37.3 Å². The third kappa shape index (κ3) is 4.06. The van der Waals surface area contributed by atoms with Crippen LogP contribution in [0.2, 0.25) is 0 Å². The molecule has 0 saturated carbocycles. The summed E-state index contributed by atoms with van der Waals surface area (Å²) < 4.78 is 0. The van der Waals surface area contributed by atoms with Gasteiger partial charge in [-0.2, -0.15) is 0 Å². The lowest BCUT2D eigenvalue weighted by atomic mass is 10.0. The molecule has 1 aromatic rings. The summed E-state index contributed by atoms with van der Waals surface area (Å²) in [7, 11) is 0. The molecule has 1 aliphatic heterocycles. The molecule has 4 nitrogen and oxygen atoms in total. The molecule has 0 aliphatic carbocycles. The van der Waals surface area contributed by atoms with Gasteiger partial charge in [-0.15, -0.1) is 0 Å². The Morgan fingerprint density at radius 3 is 2.67 bits per heavy atom. The molecule has 1 saturated heterocycles. The Morgan fingerprint density at radius 1 is 1.29 bits per heavy atom. The zero-order valence-corrected chi connectivity index (χ0v) is 12.8. The second kappa shape index (κ2) is 7.25. The summed E-state index contributed by atoms with van der Waals surface area (Å²) in [5, 5.41) is 2.81. The number of hydrogen-bond acceptors (Lipinski definition) is 2. The van der Waals surface area contributed by atoms with Crippen LogP contribution in [0.5, 0.6) is 0 Å². The molecule has 0 bridgehead atoms. The van der Waals surface area contributed by atoms with Crippen LogP contribution in [0.25, 0.3) is 0 Å². The van der Waals surface area contributed by atoms with Crippen molar-refractivity contribution in [2.75, 3.05) is 6.54 Å². The van der Waals surface area contributed by atoms with E-state index < -0.39 is 0 Å². The Balaban J connectivity index is 1.98. The average Bonchev–Trinajstić information content (AvgIpc) is 2.65. The lowest BCUT2D eigenvalue weighted by Gasteiger charge is -2.29. The number of hydrogen-bond donors (Lipinski definition) is 1. The molecule has 1 heterocycles. The molecule has 0 radical (unpaired) electrons. The summed E-state index contributed by atoms with van der Waals surface area (Å²) in [5.74, 6) is 0.0388. The van der Waals surface area contributed by atoms with E-state index in [1.165, 1.54) is 5.56 Å². The minimum absolute atomic E-state index is 0.0204. The Morgan fingerprint density at radius 2 is 2.00 bits per heavy atom. The molecule has 0 aromatic heterocycles. The smallest absolute Gasteiger partial charge is 0.245 e. The van der Waals surface area contributed by atoms with Gasteiger partial charge in [-0.25, -0.2) is 0 Å². The lowest BCUT2D eigenvalue weighted by Crippen LogP contribution is -2.47. The monoisotopic (exact) mass is 288 g/mol. The molecule has 114 valence electrons. The number of rotatable bonds is 5. The summed E-state index contributed by atoms with van der Waals surface area (Å²) in [6.07, 6.45) is 2.91. The molecule has 21 heavy (non-hydrogen) atoms. The zero-order chi connectivity index (χ0) is 15.2. The van der Waals surface area contributed by atoms with Crippen LogP contribution in [0.4, 0.5) is 0 Å². The van der Waals surface area contributed by atoms with Gasteiger partial charge in [0, 0.05) is 19.0 Å². The van der Waals surface area contributed by atoms with Gasteiger partial charge >= 0.3 is 0 Å². The van der Waals surface area contributed by atoms with E-state index in [-0.39, 0.29) is 23.9 Å². The highest BCUT2D eigenvalue weighted by Crippen LogP contribution is 2.15. The van der Waals surface area contributed by atoms with E-state index in [0.717, 1.165) is 12.8 Å². The topological polar surface area (TPSA) is 49.4 Å². The molecule has 0 spiro atoms. The van der Waals surface area contributed by atoms with Crippen LogP contribution in [-0.2, 0) is 16.0 Å². The Bertz CT molecular complexity index is 487. The van der Waals surface area contributed by atoms with Crippen molar-refractivity contribution < 1.29 is 9.59 Å². The minimum Gasteiger partial charge on any atom is -0.344 e. The van der Waals surface area contributed by atoms with Crippen molar-refractivity contribution >= 4 is 11.8 Å². The predicted molar refractivity (Wildman–Crippen MR) is 82.8 cm³/mol. The summed E-state index contributed by atoms with van der Waals surface area (Å²) >= 11 is 0. The van der Waals surface area contributed by atoms with Crippen LogP contribution in [0, 0.1) is 0 Å². The van der Waals surface area contributed by atoms with Gasteiger partial charge in [0.15, 0.2) is 0 Å². The quantitative estimate of drug-likeness (QED) is 0.902. The number of carbonyl (C=O) groups excluding carboxylic acids is 2.